The summed E-state index contributed by atoms with van der Waals surface area (Å²) in [5.41, 5.74) is 5.04. The zero-order valence-corrected chi connectivity index (χ0v) is 17.3. The molecule has 0 unspecified atom stereocenters. The van der Waals surface area contributed by atoms with Crippen LogP contribution in [0.4, 0.5) is 17.3 Å². The molecule has 1 amide bonds. The van der Waals surface area contributed by atoms with Crippen molar-refractivity contribution in [3.63, 3.8) is 0 Å². The number of benzene rings is 3. The average molecular weight is 410 g/mol. The molecule has 4 aromatic rings. The van der Waals surface area contributed by atoms with Gasteiger partial charge in [-0.15, -0.1) is 0 Å². The number of ether oxygens (including phenoxy) is 1. The number of aromatic nitrogens is 2. The van der Waals surface area contributed by atoms with E-state index in [0.29, 0.717) is 22.9 Å². The fraction of sp³-hybridized carbons (Fsp3) is 0.0800. The first-order valence-corrected chi connectivity index (χ1v) is 9.83. The molecule has 0 aliphatic heterocycles. The van der Waals surface area contributed by atoms with Gasteiger partial charge in [0.1, 0.15) is 5.75 Å². The van der Waals surface area contributed by atoms with Crippen LogP contribution in [-0.4, -0.2) is 23.0 Å². The van der Waals surface area contributed by atoms with E-state index in [9.17, 15) is 4.79 Å². The minimum atomic E-state index is -0.233. The molecule has 0 saturated heterocycles. The lowest BCUT2D eigenvalue weighted by Crippen LogP contribution is -2.12. The lowest BCUT2D eigenvalue weighted by Gasteiger charge is -2.11. The van der Waals surface area contributed by atoms with Gasteiger partial charge in [0.25, 0.3) is 5.91 Å². The van der Waals surface area contributed by atoms with Gasteiger partial charge in [0.2, 0.25) is 5.95 Å². The summed E-state index contributed by atoms with van der Waals surface area (Å²) in [4.78, 5) is 21.5. The van der Waals surface area contributed by atoms with Gasteiger partial charge < -0.3 is 15.4 Å². The standard InChI is InChI=1S/C25H22N4O2/c1-17-7-5-8-18(13-17)20-15-26-25(27-16-20)28-21-10-6-9-19(14-21)24(30)29-22-11-3-4-12-23(22)31-2/h3-16H,1-2H3,(H,29,30)(H,26,27,28). The van der Waals surface area contributed by atoms with Crippen molar-refractivity contribution in [3.05, 3.63) is 96.3 Å². The van der Waals surface area contributed by atoms with Crippen molar-refractivity contribution in [2.24, 2.45) is 0 Å². The number of amides is 1. The summed E-state index contributed by atoms with van der Waals surface area (Å²) < 4.78 is 5.29. The molecule has 1 heterocycles. The number of nitrogens with one attached hydrogen (secondary N) is 2. The molecular formula is C25H22N4O2. The van der Waals surface area contributed by atoms with Crippen LogP contribution in [-0.2, 0) is 0 Å². The molecule has 0 radical (unpaired) electrons. The fourth-order valence-corrected chi connectivity index (χ4v) is 3.18. The van der Waals surface area contributed by atoms with Crippen molar-refractivity contribution < 1.29 is 9.53 Å². The van der Waals surface area contributed by atoms with E-state index < -0.39 is 0 Å². The van der Waals surface area contributed by atoms with E-state index >= 15 is 0 Å². The van der Waals surface area contributed by atoms with E-state index in [0.717, 1.165) is 16.8 Å². The second kappa shape index (κ2) is 9.09. The lowest BCUT2D eigenvalue weighted by molar-refractivity contribution is 0.102. The third-order valence-electron chi connectivity index (χ3n) is 4.74. The number of hydrogen-bond donors (Lipinski definition) is 2. The quantitative estimate of drug-likeness (QED) is 0.442. The predicted molar refractivity (Wildman–Crippen MR) is 123 cm³/mol. The Hall–Kier alpha value is -4.19. The molecule has 6 heteroatoms. The Morgan fingerprint density at radius 3 is 2.42 bits per heavy atom. The summed E-state index contributed by atoms with van der Waals surface area (Å²) in [5, 5.41) is 6.02. The summed E-state index contributed by atoms with van der Waals surface area (Å²) >= 11 is 0. The van der Waals surface area contributed by atoms with Crippen LogP contribution in [0.5, 0.6) is 5.75 Å². The van der Waals surface area contributed by atoms with Crippen LogP contribution >= 0.6 is 0 Å². The molecule has 0 fully saturated rings. The number of methoxy groups -OCH3 is 1. The molecule has 0 saturated carbocycles. The van der Waals surface area contributed by atoms with Crippen molar-refractivity contribution in [2.45, 2.75) is 6.92 Å². The van der Waals surface area contributed by atoms with E-state index in [1.54, 1.807) is 49.8 Å². The predicted octanol–water partition coefficient (Wildman–Crippen LogP) is 5.46. The second-order valence-electron chi connectivity index (χ2n) is 7.03. The van der Waals surface area contributed by atoms with Gasteiger partial charge in [0.05, 0.1) is 12.8 Å². The molecular weight excluding hydrogens is 388 g/mol. The van der Waals surface area contributed by atoms with Gasteiger partial charge in [0.15, 0.2) is 0 Å². The molecule has 3 aromatic carbocycles. The molecule has 0 aliphatic rings. The zero-order valence-electron chi connectivity index (χ0n) is 17.3. The number of nitrogens with zero attached hydrogens (tertiary/aromatic N) is 2. The lowest BCUT2D eigenvalue weighted by atomic mass is 10.1. The molecule has 0 atom stereocenters. The zero-order chi connectivity index (χ0) is 21.6. The fourth-order valence-electron chi connectivity index (χ4n) is 3.18. The highest BCUT2D eigenvalue weighted by Crippen LogP contribution is 2.24. The number of para-hydroxylation sites is 2. The van der Waals surface area contributed by atoms with Gasteiger partial charge in [0, 0.05) is 29.2 Å². The van der Waals surface area contributed by atoms with Crippen molar-refractivity contribution in [3.8, 4) is 16.9 Å². The average Bonchev–Trinajstić information content (AvgIpc) is 2.80. The maximum absolute atomic E-state index is 12.7. The molecule has 6 nitrogen and oxygen atoms in total. The van der Waals surface area contributed by atoms with Gasteiger partial charge in [-0.1, -0.05) is 48.0 Å². The topological polar surface area (TPSA) is 76.1 Å². The third kappa shape index (κ3) is 4.87. The largest absolute Gasteiger partial charge is 0.495 e. The highest BCUT2D eigenvalue weighted by molar-refractivity contribution is 6.05. The van der Waals surface area contributed by atoms with Crippen LogP contribution in [0, 0.1) is 6.92 Å². The molecule has 2 N–H and O–H groups in total. The Labute approximate surface area is 181 Å². The van der Waals surface area contributed by atoms with Gasteiger partial charge in [-0.2, -0.15) is 0 Å². The van der Waals surface area contributed by atoms with Crippen molar-refractivity contribution in [2.75, 3.05) is 17.7 Å². The van der Waals surface area contributed by atoms with E-state index in [-0.39, 0.29) is 5.91 Å². The van der Waals surface area contributed by atoms with E-state index in [1.807, 2.05) is 30.3 Å². The number of aryl methyl sites for hydroxylation is 1. The number of carbonyl (C=O) groups excluding carboxylic acids is 1. The van der Waals surface area contributed by atoms with Crippen LogP contribution in [0.25, 0.3) is 11.1 Å². The minimum Gasteiger partial charge on any atom is -0.495 e. The first-order valence-electron chi connectivity index (χ1n) is 9.83. The molecule has 154 valence electrons. The molecule has 0 aliphatic carbocycles. The number of carbonyl (C=O) groups is 1. The number of hydrogen-bond acceptors (Lipinski definition) is 5. The first kappa shape index (κ1) is 20.1. The van der Waals surface area contributed by atoms with Gasteiger partial charge in [-0.05, 0) is 42.8 Å². The van der Waals surface area contributed by atoms with Crippen LogP contribution in [0.15, 0.2) is 85.2 Å². The van der Waals surface area contributed by atoms with Crippen molar-refractivity contribution in [1.29, 1.82) is 0 Å². The van der Waals surface area contributed by atoms with E-state index in [1.165, 1.54) is 5.56 Å². The summed E-state index contributed by atoms with van der Waals surface area (Å²) in [7, 11) is 1.57. The summed E-state index contributed by atoms with van der Waals surface area (Å²) in [6.07, 6.45) is 3.56. The van der Waals surface area contributed by atoms with Crippen LogP contribution < -0.4 is 15.4 Å². The van der Waals surface area contributed by atoms with Crippen molar-refractivity contribution in [1.82, 2.24) is 9.97 Å². The number of rotatable bonds is 6. The Morgan fingerprint density at radius 2 is 1.65 bits per heavy atom. The van der Waals surface area contributed by atoms with Gasteiger partial charge in [-0.25, -0.2) is 9.97 Å². The molecule has 4 rings (SSSR count). The van der Waals surface area contributed by atoms with E-state index in [2.05, 4.69) is 39.7 Å². The van der Waals surface area contributed by atoms with Gasteiger partial charge in [-0.3, -0.25) is 4.79 Å². The maximum Gasteiger partial charge on any atom is 0.255 e. The third-order valence-corrected chi connectivity index (χ3v) is 4.74. The monoisotopic (exact) mass is 410 g/mol. The van der Waals surface area contributed by atoms with Gasteiger partial charge >= 0.3 is 0 Å². The smallest absolute Gasteiger partial charge is 0.255 e. The summed E-state index contributed by atoms with van der Waals surface area (Å²) in [6.45, 7) is 2.05. The molecule has 1 aromatic heterocycles. The summed E-state index contributed by atoms with van der Waals surface area (Å²) in [6, 6.07) is 22.6. The SMILES string of the molecule is COc1ccccc1NC(=O)c1cccc(Nc2ncc(-c3cccc(C)c3)cn2)c1. The van der Waals surface area contributed by atoms with E-state index in [4.69, 9.17) is 4.74 Å². The van der Waals surface area contributed by atoms with Crippen LogP contribution in [0.3, 0.4) is 0 Å². The highest BCUT2D eigenvalue weighted by Gasteiger charge is 2.10. The Bertz CT molecular complexity index is 1210. The Balaban J connectivity index is 1.48. The first-order chi connectivity index (χ1) is 15.1. The summed E-state index contributed by atoms with van der Waals surface area (Å²) in [5.74, 6) is 0.829. The van der Waals surface area contributed by atoms with Crippen LogP contribution in [0.1, 0.15) is 15.9 Å². The Kier molecular flexibility index (Phi) is 5.89. The molecule has 0 bridgehead atoms. The number of anilines is 3. The second-order valence-corrected chi connectivity index (χ2v) is 7.03. The highest BCUT2D eigenvalue weighted by atomic mass is 16.5. The van der Waals surface area contributed by atoms with Crippen molar-refractivity contribution >= 4 is 23.2 Å². The normalized spacial score (nSPS) is 10.4. The maximum atomic E-state index is 12.7. The molecule has 31 heavy (non-hydrogen) atoms. The minimum absolute atomic E-state index is 0.233. The molecule has 0 spiro atoms. The van der Waals surface area contributed by atoms with Crippen LogP contribution in [0.2, 0.25) is 0 Å². The Morgan fingerprint density at radius 1 is 0.871 bits per heavy atom.